The van der Waals surface area contributed by atoms with Gasteiger partial charge in [0.25, 0.3) is 0 Å². The van der Waals surface area contributed by atoms with E-state index < -0.39 is 22.5 Å². The van der Waals surface area contributed by atoms with Crippen molar-refractivity contribution < 1.29 is 14.1 Å². The van der Waals surface area contributed by atoms with Gasteiger partial charge >= 0.3 is 5.88 Å². The average molecular weight is 291 g/mol. The fourth-order valence-corrected chi connectivity index (χ4v) is 1.92. The Bertz CT molecular complexity index is 717. The van der Waals surface area contributed by atoms with Crippen molar-refractivity contribution in [2.24, 2.45) is 0 Å². The summed E-state index contributed by atoms with van der Waals surface area (Å²) in [5.41, 5.74) is 0.334. The number of ketones is 1. The topological polar surface area (TPSA) is 97.1 Å². The third kappa shape index (κ3) is 2.53. The smallest absolute Gasteiger partial charge is 0.397 e. The van der Waals surface area contributed by atoms with Crippen LogP contribution in [0.4, 0.5) is 5.88 Å². The summed E-state index contributed by atoms with van der Waals surface area (Å²) in [4.78, 5) is 21.9. The SMILES string of the molecule is N#CC(C(=O)c1ccc([N+](=O)[O-])o1)c1ccccc1Cl. The highest BCUT2D eigenvalue weighted by molar-refractivity contribution is 6.31. The van der Waals surface area contributed by atoms with Crippen molar-refractivity contribution in [3.63, 3.8) is 0 Å². The van der Waals surface area contributed by atoms with Gasteiger partial charge < -0.3 is 4.42 Å². The molecule has 0 saturated heterocycles. The maximum Gasteiger partial charge on any atom is 0.433 e. The Morgan fingerprint density at radius 2 is 2.05 bits per heavy atom. The molecule has 20 heavy (non-hydrogen) atoms. The highest BCUT2D eigenvalue weighted by Crippen LogP contribution is 2.28. The number of halogens is 1. The second-order valence-electron chi connectivity index (χ2n) is 3.84. The molecule has 100 valence electrons. The molecule has 1 heterocycles. The molecule has 0 aliphatic rings. The first-order valence-electron chi connectivity index (χ1n) is 5.47. The Morgan fingerprint density at radius 1 is 1.35 bits per heavy atom. The van der Waals surface area contributed by atoms with E-state index in [0.29, 0.717) is 5.56 Å². The molecule has 0 N–H and O–H groups in total. The van der Waals surface area contributed by atoms with Crippen LogP contribution in [0.3, 0.4) is 0 Å². The summed E-state index contributed by atoms with van der Waals surface area (Å²) in [6.07, 6.45) is 0. The number of nitriles is 1. The van der Waals surface area contributed by atoms with Gasteiger partial charge in [-0.1, -0.05) is 29.8 Å². The van der Waals surface area contributed by atoms with Gasteiger partial charge in [0.2, 0.25) is 5.78 Å². The summed E-state index contributed by atoms with van der Waals surface area (Å²) in [6.45, 7) is 0. The van der Waals surface area contributed by atoms with E-state index in [-0.39, 0.29) is 10.8 Å². The lowest BCUT2D eigenvalue weighted by Crippen LogP contribution is -2.10. The van der Waals surface area contributed by atoms with Crippen molar-refractivity contribution >= 4 is 23.3 Å². The second-order valence-corrected chi connectivity index (χ2v) is 4.25. The molecule has 0 aliphatic carbocycles. The van der Waals surface area contributed by atoms with Gasteiger partial charge in [-0.2, -0.15) is 5.26 Å². The van der Waals surface area contributed by atoms with Gasteiger partial charge in [0.05, 0.1) is 12.1 Å². The van der Waals surface area contributed by atoms with E-state index in [4.69, 9.17) is 21.3 Å². The van der Waals surface area contributed by atoms with Crippen molar-refractivity contribution in [1.82, 2.24) is 0 Å². The minimum Gasteiger partial charge on any atom is -0.397 e. The van der Waals surface area contributed by atoms with Gasteiger partial charge in [-0.05, 0) is 17.7 Å². The van der Waals surface area contributed by atoms with Crippen LogP contribution in [0.1, 0.15) is 22.0 Å². The van der Waals surface area contributed by atoms with Crippen LogP contribution in [-0.4, -0.2) is 10.7 Å². The Labute approximate surface area is 118 Å². The van der Waals surface area contributed by atoms with Gasteiger partial charge in [-0.15, -0.1) is 0 Å². The number of Topliss-reactive ketones (excluding diaryl/α,β-unsaturated/α-hetero) is 1. The molecule has 0 aliphatic heterocycles. The Morgan fingerprint density at radius 3 is 2.60 bits per heavy atom. The summed E-state index contributed by atoms with van der Waals surface area (Å²) < 4.78 is 4.81. The molecular formula is C13H7ClN2O4. The largest absolute Gasteiger partial charge is 0.433 e. The number of nitro groups is 1. The first kappa shape index (κ1) is 13.8. The number of hydrogen-bond donors (Lipinski definition) is 0. The van der Waals surface area contributed by atoms with Gasteiger partial charge in [-0.25, -0.2) is 0 Å². The molecule has 2 rings (SSSR count). The van der Waals surface area contributed by atoms with E-state index in [1.54, 1.807) is 24.3 Å². The lowest BCUT2D eigenvalue weighted by Gasteiger charge is -2.08. The van der Waals surface area contributed by atoms with Gasteiger partial charge in [0, 0.05) is 5.02 Å². The van der Waals surface area contributed by atoms with Crippen LogP contribution in [0.2, 0.25) is 5.02 Å². The average Bonchev–Trinajstić information content (AvgIpc) is 2.91. The molecule has 7 heteroatoms. The number of hydrogen-bond acceptors (Lipinski definition) is 5. The van der Waals surface area contributed by atoms with Crippen LogP contribution in [0, 0.1) is 21.4 Å². The summed E-state index contributed by atoms with van der Waals surface area (Å²) in [7, 11) is 0. The molecular weight excluding hydrogens is 284 g/mol. The summed E-state index contributed by atoms with van der Waals surface area (Å²) in [6, 6.07) is 10.5. The third-order valence-corrected chi connectivity index (χ3v) is 2.97. The number of carbonyl (C=O) groups is 1. The maximum atomic E-state index is 12.2. The third-order valence-electron chi connectivity index (χ3n) is 2.62. The molecule has 0 fully saturated rings. The summed E-state index contributed by atoms with van der Waals surface area (Å²) in [5.74, 6) is -2.64. The Kier molecular flexibility index (Phi) is 3.82. The predicted molar refractivity (Wildman–Crippen MR) is 69.5 cm³/mol. The quantitative estimate of drug-likeness (QED) is 0.488. The van der Waals surface area contributed by atoms with Crippen molar-refractivity contribution in [2.75, 3.05) is 0 Å². The van der Waals surface area contributed by atoms with E-state index in [1.165, 1.54) is 6.07 Å². The zero-order chi connectivity index (χ0) is 14.7. The molecule has 0 saturated carbocycles. The second kappa shape index (κ2) is 5.55. The first-order chi connectivity index (χ1) is 9.54. The zero-order valence-corrected chi connectivity index (χ0v) is 10.7. The molecule has 0 radical (unpaired) electrons. The molecule has 1 atom stereocenters. The van der Waals surface area contributed by atoms with E-state index in [0.717, 1.165) is 6.07 Å². The van der Waals surface area contributed by atoms with Crippen LogP contribution >= 0.6 is 11.6 Å². The molecule has 0 amide bonds. The minimum absolute atomic E-state index is 0.247. The van der Waals surface area contributed by atoms with E-state index in [9.17, 15) is 14.9 Å². The van der Waals surface area contributed by atoms with Crippen LogP contribution in [-0.2, 0) is 0 Å². The lowest BCUT2D eigenvalue weighted by molar-refractivity contribution is -0.402. The number of furan rings is 1. The van der Waals surface area contributed by atoms with Crippen molar-refractivity contribution in [2.45, 2.75) is 5.92 Å². The molecule has 2 aromatic rings. The molecule has 0 spiro atoms. The van der Waals surface area contributed by atoms with E-state index >= 15 is 0 Å². The fourth-order valence-electron chi connectivity index (χ4n) is 1.68. The minimum atomic E-state index is -1.17. The van der Waals surface area contributed by atoms with Crippen LogP contribution in [0.25, 0.3) is 0 Å². The van der Waals surface area contributed by atoms with Gasteiger partial charge in [-0.3, -0.25) is 14.9 Å². The van der Waals surface area contributed by atoms with E-state index in [1.807, 2.05) is 6.07 Å². The number of carbonyl (C=O) groups excluding carboxylic acids is 1. The number of benzene rings is 1. The normalized spacial score (nSPS) is 11.6. The van der Waals surface area contributed by atoms with Gasteiger partial charge in [0.1, 0.15) is 10.8 Å². The van der Waals surface area contributed by atoms with Crippen molar-refractivity contribution in [3.8, 4) is 6.07 Å². The highest BCUT2D eigenvalue weighted by Gasteiger charge is 2.27. The maximum absolute atomic E-state index is 12.2. The lowest BCUT2D eigenvalue weighted by atomic mass is 9.95. The summed E-state index contributed by atoms with van der Waals surface area (Å²) >= 11 is 5.94. The first-order valence-corrected chi connectivity index (χ1v) is 5.85. The van der Waals surface area contributed by atoms with Gasteiger partial charge in [0.15, 0.2) is 5.76 Å². The van der Waals surface area contributed by atoms with Crippen molar-refractivity contribution in [1.29, 1.82) is 5.26 Å². The van der Waals surface area contributed by atoms with Crippen LogP contribution < -0.4 is 0 Å². The summed E-state index contributed by atoms with van der Waals surface area (Å²) in [5, 5.41) is 19.9. The standard InChI is InChI=1S/C13H7ClN2O4/c14-10-4-2-1-3-8(10)9(7-15)13(17)11-5-6-12(20-11)16(18)19/h1-6,9H. The van der Waals surface area contributed by atoms with Crippen LogP contribution in [0.15, 0.2) is 40.8 Å². The molecule has 1 aromatic carbocycles. The molecule has 0 bridgehead atoms. The number of nitrogens with zero attached hydrogens (tertiary/aromatic N) is 2. The zero-order valence-electron chi connectivity index (χ0n) is 9.95. The molecule has 1 unspecified atom stereocenters. The van der Waals surface area contributed by atoms with Crippen molar-refractivity contribution in [3.05, 3.63) is 62.9 Å². The monoisotopic (exact) mass is 290 g/mol. The predicted octanol–water partition coefficient (Wildman–Crippen LogP) is 3.33. The number of rotatable bonds is 4. The molecule has 1 aromatic heterocycles. The molecule has 6 nitrogen and oxygen atoms in total. The van der Waals surface area contributed by atoms with E-state index in [2.05, 4.69) is 0 Å². The Balaban J connectivity index is 2.37. The highest BCUT2D eigenvalue weighted by atomic mass is 35.5. The fraction of sp³-hybridized carbons (Fsp3) is 0.0769. The van der Waals surface area contributed by atoms with Crippen LogP contribution in [0.5, 0.6) is 0 Å². The Hall–Kier alpha value is -2.65.